The van der Waals surface area contributed by atoms with Crippen molar-refractivity contribution in [1.29, 1.82) is 0 Å². The molecular formula is C20H13F6NO3. The number of esters is 1. The molecule has 10 heteroatoms. The first-order chi connectivity index (χ1) is 14.0. The monoisotopic (exact) mass is 429 g/mol. The number of ether oxygens (including phenoxy) is 1. The van der Waals surface area contributed by atoms with E-state index in [1.54, 1.807) is 0 Å². The van der Waals surface area contributed by atoms with Gasteiger partial charge in [-0.05, 0) is 43.3 Å². The van der Waals surface area contributed by atoms with Crippen LogP contribution in [-0.4, -0.2) is 17.6 Å². The average Bonchev–Trinajstić information content (AvgIpc) is 3.13. The zero-order valence-corrected chi connectivity index (χ0v) is 15.3. The van der Waals surface area contributed by atoms with Crippen molar-refractivity contribution >= 4 is 5.97 Å². The standard InChI is InChI=1S/C20H13F6NO3/c1-2-29-18(28)15-16(12-4-3-5-14(10-12)20(24,25)26)30-17(27-15)11-6-8-13(9-7-11)19(21,22)23/h3-10H,2H2,1H3. The molecule has 3 aromatic rings. The van der Waals surface area contributed by atoms with Crippen molar-refractivity contribution < 1.29 is 40.3 Å². The summed E-state index contributed by atoms with van der Waals surface area (Å²) < 4.78 is 87.7. The molecule has 1 heterocycles. The second kappa shape index (κ2) is 7.85. The van der Waals surface area contributed by atoms with Crippen molar-refractivity contribution in [3.8, 4) is 22.8 Å². The molecule has 0 bridgehead atoms. The smallest absolute Gasteiger partial charge is 0.416 e. The van der Waals surface area contributed by atoms with Crippen molar-refractivity contribution in [1.82, 2.24) is 4.98 Å². The van der Waals surface area contributed by atoms with Gasteiger partial charge in [-0.1, -0.05) is 12.1 Å². The zero-order chi connectivity index (χ0) is 22.1. The highest BCUT2D eigenvalue weighted by atomic mass is 19.4. The first kappa shape index (κ1) is 21.4. The summed E-state index contributed by atoms with van der Waals surface area (Å²) in [4.78, 5) is 16.2. The maximum absolute atomic E-state index is 13.0. The van der Waals surface area contributed by atoms with Crippen LogP contribution in [0, 0.1) is 0 Å². The lowest BCUT2D eigenvalue weighted by Crippen LogP contribution is -2.07. The summed E-state index contributed by atoms with van der Waals surface area (Å²) in [7, 11) is 0. The molecular weight excluding hydrogens is 416 g/mol. The van der Waals surface area contributed by atoms with Gasteiger partial charge in [0, 0.05) is 11.1 Å². The van der Waals surface area contributed by atoms with Gasteiger partial charge in [0.1, 0.15) is 0 Å². The van der Waals surface area contributed by atoms with E-state index in [4.69, 9.17) is 9.15 Å². The highest BCUT2D eigenvalue weighted by Crippen LogP contribution is 2.36. The Morgan fingerprint density at radius 2 is 1.57 bits per heavy atom. The molecule has 0 fully saturated rings. The summed E-state index contributed by atoms with van der Waals surface area (Å²) in [6.45, 7) is 1.50. The Bertz CT molecular complexity index is 1050. The number of rotatable bonds is 4. The van der Waals surface area contributed by atoms with E-state index in [9.17, 15) is 31.1 Å². The SMILES string of the molecule is CCOC(=O)c1nc(-c2ccc(C(F)(F)F)cc2)oc1-c1cccc(C(F)(F)F)c1. The highest BCUT2D eigenvalue weighted by molar-refractivity contribution is 5.94. The van der Waals surface area contributed by atoms with E-state index >= 15 is 0 Å². The Morgan fingerprint density at radius 3 is 2.13 bits per heavy atom. The molecule has 158 valence electrons. The number of carbonyl (C=O) groups is 1. The molecule has 0 N–H and O–H groups in total. The molecule has 0 spiro atoms. The molecule has 1 aromatic heterocycles. The normalized spacial score (nSPS) is 12.1. The Morgan fingerprint density at radius 1 is 0.933 bits per heavy atom. The molecule has 0 unspecified atom stereocenters. The van der Waals surface area contributed by atoms with E-state index in [2.05, 4.69) is 4.98 Å². The third-order valence-corrected chi connectivity index (χ3v) is 4.01. The van der Waals surface area contributed by atoms with Gasteiger partial charge in [0.2, 0.25) is 5.89 Å². The lowest BCUT2D eigenvalue weighted by Gasteiger charge is -2.08. The lowest BCUT2D eigenvalue weighted by molar-refractivity contribution is -0.138. The van der Waals surface area contributed by atoms with Crippen LogP contribution in [0.15, 0.2) is 52.9 Å². The summed E-state index contributed by atoms with van der Waals surface area (Å²) in [5, 5.41) is 0. The van der Waals surface area contributed by atoms with Gasteiger partial charge in [-0.3, -0.25) is 0 Å². The van der Waals surface area contributed by atoms with Crippen LogP contribution in [0.4, 0.5) is 26.3 Å². The van der Waals surface area contributed by atoms with E-state index < -0.39 is 29.4 Å². The van der Waals surface area contributed by atoms with Crippen molar-refractivity contribution in [2.45, 2.75) is 19.3 Å². The van der Waals surface area contributed by atoms with Gasteiger partial charge in [0.05, 0.1) is 17.7 Å². The maximum Gasteiger partial charge on any atom is 0.416 e. The second-order valence-corrected chi connectivity index (χ2v) is 6.07. The summed E-state index contributed by atoms with van der Waals surface area (Å²) in [6, 6.07) is 7.81. The molecule has 0 amide bonds. The third-order valence-electron chi connectivity index (χ3n) is 4.01. The number of aromatic nitrogens is 1. The second-order valence-electron chi connectivity index (χ2n) is 6.07. The first-order valence-corrected chi connectivity index (χ1v) is 8.54. The summed E-state index contributed by atoms with van der Waals surface area (Å²) in [5.74, 6) is -1.46. The van der Waals surface area contributed by atoms with Crippen LogP contribution in [-0.2, 0) is 17.1 Å². The number of halogens is 6. The Labute approximate surface area is 166 Å². The quantitative estimate of drug-likeness (QED) is 0.365. The van der Waals surface area contributed by atoms with Crippen LogP contribution in [0.3, 0.4) is 0 Å². The molecule has 0 saturated heterocycles. The lowest BCUT2D eigenvalue weighted by atomic mass is 10.1. The Balaban J connectivity index is 2.10. The van der Waals surface area contributed by atoms with Crippen LogP contribution in [0.5, 0.6) is 0 Å². The minimum absolute atomic E-state index is 0.0245. The molecule has 0 aliphatic carbocycles. The van der Waals surface area contributed by atoms with E-state index in [0.29, 0.717) is 0 Å². The molecule has 0 aliphatic heterocycles. The number of alkyl halides is 6. The van der Waals surface area contributed by atoms with E-state index in [1.807, 2.05) is 0 Å². The fraction of sp³-hybridized carbons (Fsp3) is 0.200. The molecule has 0 radical (unpaired) electrons. The zero-order valence-electron chi connectivity index (χ0n) is 15.3. The maximum atomic E-state index is 13.0. The van der Waals surface area contributed by atoms with Gasteiger partial charge in [0.25, 0.3) is 0 Å². The molecule has 0 saturated carbocycles. The molecule has 4 nitrogen and oxygen atoms in total. The molecule has 30 heavy (non-hydrogen) atoms. The number of carbonyl (C=O) groups excluding carboxylic acids is 1. The average molecular weight is 429 g/mol. The number of oxazole rings is 1. The third kappa shape index (κ3) is 4.47. The van der Waals surface area contributed by atoms with Crippen molar-refractivity contribution in [2.75, 3.05) is 6.61 Å². The largest absolute Gasteiger partial charge is 0.461 e. The molecule has 3 rings (SSSR count). The van der Waals surface area contributed by atoms with E-state index in [-0.39, 0.29) is 35.1 Å². The van der Waals surface area contributed by atoms with Crippen LogP contribution in [0.1, 0.15) is 28.5 Å². The summed E-state index contributed by atoms with van der Waals surface area (Å²) >= 11 is 0. The predicted octanol–water partition coefficient (Wildman–Crippen LogP) is 6.22. The van der Waals surface area contributed by atoms with Gasteiger partial charge in [0.15, 0.2) is 11.5 Å². The highest BCUT2D eigenvalue weighted by Gasteiger charge is 2.32. The Kier molecular flexibility index (Phi) is 5.60. The van der Waals surface area contributed by atoms with Gasteiger partial charge in [-0.25, -0.2) is 9.78 Å². The van der Waals surface area contributed by atoms with Crippen LogP contribution in [0.2, 0.25) is 0 Å². The minimum atomic E-state index is -4.63. The fourth-order valence-corrected chi connectivity index (χ4v) is 2.62. The predicted molar refractivity (Wildman–Crippen MR) is 93.3 cm³/mol. The van der Waals surface area contributed by atoms with Crippen LogP contribution in [0.25, 0.3) is 22.8 Å². The van der Waals surface area contributed by atoms with Gasteiger partial charge in [-0.15, -0.1) is 0 Å². The van der Waals surface area contributed by atoms with Gasteiger partial charge < -0.3 is 9.15 Å². The van der Waals surface area contributed by atoms with Crippen molar-refractivity contribution in [3.63, 3.8) is 0 Å². The number of nitrogens with zero attached hydrogens (tertiary/aromatic N) is 1. The number of benzene rings is 2. The minimum Gasteiger partial charge on any atom is -0.461 e. The van der Waals surface area contributed by atoms with E-state index in [0.717, 1.165) is 42.5 Å². The summed E-state index contributed by atoms with van der Waals surface area (Å²) in [5.41, 5.74) is -2.24. The summed E-state index contributed by atoms with van der Waals surface area (Å²) in [6.07, 6.45) is -9.18. The Hall–Kier alpha value is -3.30. The van der Waals surface area contributed by atoms with Gasteiger partial charge >= 0.3 is 18.3 Å². The van der Waals surface area contributed by atoms with Crippen LogP contribution < -0.4 is 0 Å². The van der Waals surface area contributed by atoms with Crippen molar-refractivity contribution in [3.05, 3.63) is 65.4 Å². The molecule has 0 aliphatic rings. The number of hydrogen-bond acceptors (Lipinski definition) is 4. The number of hydrogen-bond donors (Lipinski definition) is 0. The van der Waals surface area contributed by atoms with E-state index in [1.165, 1.54) is 13.0 Å². The van der Waals surface area contributed by atoms with Crippen molar-refractivity contribution in [2.24, 2.45) is 0 Å². The molecule has 2 aromatic carbocycles. The van der Waals surface area contributed by atoms with Crippen LogP contribution >= 0.6 is 0 Å². The first-order valence-electron chi connectivity index (χ1n) is 8.54. The fourth-order valence-electron chi connectivity index (χ4n) is 2.62. The molecule has 0 atom stereocenters. The van der Waals surface area contributed by atoms with Gasteiger partial charge in [-0.2, -0.15) is 26.3 Å². The topological polar surface area (TPSA) is 52.3 Å².